The summed E-state index contributed by atoms with van der Waals surface area (Å²) in [7, 11) is 0. The number of nitrogens with one attached hydrogen (secondary N) is 2. The van der Waals surface area contributed by atoms with Gasteiger partial charge in [0.2, 0.25) is 0 Å². The lowest BCUT2D eigenvalue weighted by Gasteiger charge is -2.12. The molecule has 100 valence electrons. The van der Waals surface area contributed by atoms with Gasteiger partial charge >= 0.3 is 0 Å². The van der Waals surface area contributed by atoms with Crippen LogP contribution in [0.25, 0.3) is 0 Å². The minimum absolute atomic E-state index is 0.122. The van der Waals surface area contributed by atoms with Crippen LogP contribution in [-0.2, 0) is 6.42 Å². The van der Waals surface area contributed by atoms with Crippen molar-refractivity contribution in [2.45, 2.75) is 26.3 Å². The second-order valence-corrected chi connectivity index (χ2v) is 4.64. The number of aromatic amines is 1. The molecule has 1 unspecified atom stereocenters. The molecule has 2 heterocycles. The number of pyridine rings is 1. The van der Waals surface area contributed by atoms with Gasteiger partial charge in [-0.2, -0.15) is 5.10 Å². The Kier molecular flexibility index (Phi) is 4.16. The van der Waals surface area contributed by atoms with Crippen molar-refractivity contribution in [3.05, 3.63) is 46.5 Å². The van der Waals surface area contributed by atoms with E-state index in [9.17, 15) is 4.79 Å². The molecular formula is C13H15ClN4O. The molecule has 0 aliphatic carbocycles. The molecular weight excluding hydrogens is 264 g/mol. The quantitative estimate of drug-likeness (QED) is 0.844. The molecule has 0 saturated carbocycles. The number of hydrogen-bond acceptors (Lipinski definition) is 3. The third-order valence-electron chi connectivity index (χ3n) is 2.84. The van der Waals surface area contributed by atoms with Crippen LogP contribution < -0.4 is 5.32 Å². The molecule has 0 radical (unpaired) electrons. The number of halogens is 1. The van der Waals surface area contributed by atoms with Crippen molar-refractivity contribution in [2.75, 3.05) is 0 Å². The number of nitrogens with zero attached hydrogens (tertiary/aromatic N) is 2. The molecule has 0 spiro atoms. The molecule has 2 aromatic heterocycles. The second-order valence-electron chi connectivity index (χ2n) is 4.25. The van der Waals surface area contributed by atoms with Gasteiger partial charge in [-0.3, -0.25) is 9.89 Å². The highest BCUT2D eigenvalue weighted by Gasteiger charge is 2.13. The van der Waals surface area contributed by atoms with Gasteiger partial charge in [-0.25, -0.2) is 4.98 Å². The molecule has 5 nitrogen and oxygen atoms in total. The summed E-state index contributed by atoms with van der Waals surface area (Å²) >= 11 is 5.90. The van der Waals surface area contributed by atoms with Crippen LogP contribution in [-0.4, -0.2) is 21.1 Å². The predicted molar refractivity (Wildman–Crippen MR) is 73.1 cm³/mol. The second kappa shape index (κ2) is 5.84. The number of amides is 1. The number of carbonyl (C=O) groups is 1. The summed E-state index contributed by atoms with van der Waals surface area (Å²) < 4.78 is 0. The van der Waals surface area contributed by atoms with Gasteiger partial charge in [-0.1, -0.05) is 18.5 Å². The van der Waals surface area contributed by atoms with E-state index >= 15 is 0 Å². The van der Waals surface area contributed by atoms with Crippen molar-refractivity contribution >= 4 is 17.5 Å². The highest BCUT2D eigenvalue weighted by atomic mass is 35.5. The van der Waals surface area contributed by atoms with Crippen LogP contribution in [0.1, 0.15) is 41.5 Å². The van der Waals surface area contributed by atoms with Crippen LogP contribution >= 0.6 is 11.6 Å². The molecule has 0 aromatic carbocycles. The first-order chi connectivity index (χ1) is 9.10. The maximum Gasteiger partial charge on any atom is 0.251 e. The first kappa shape index (κ1) is 13.5. The minimum Gasteiger partial charge on any atom is -0.345 e. The van der Waals surface area contributed by atoms with E-state index in [1.54, 1.807) is 24.5 Å². The lowest BCUT2D eigenvalue weighted by Crippen LogP contribution is -2.26. The number of carbonyl (C=O) groups excluding carboxylic acids is 1. The van der Waals surface area contributed by atoms with E-state index < -0.39 is 0 Å². The zero-order valence-electron chi connectivity index (χ0n) is 10.8. The average molecular weight is 279 g/mol. The van der Waals surface area contributed by atoms with Crippen LogP contribution in [0.5, 0.6) is 0 Å². The van der Waals surface area contributed by atoms with Gasteiger partial charge in [0.15, 0.2) is 0 Å². The Labute approximate surface area is 116 Å². The smallest absolute Gasteiger partial charge is 0.251 e. The summed E-state index contributed by atoms with van der Waals surface area (Å²) in [6.45, 7) is 3.86. The summed E-state index contributed by atoms with van der Waals surface area (Å²) in [5.74, 6) is -0.173. The number of aryl methyl sites for hydroxylation is 1. The van der Waals surface area contributed by atoms with Crippen molar-refractivity contribution in [3.8, 4) is 0 Å². The monoisotopic (exact) mass is 278 g/mol. The number of H-pyrrole nitrogens is 1. The molecule has 6 heteroatoms. The third-order valence-corrected chi connectivity index (χ3v) is 3.03. The minimum atomic E-state index is -0.173. The SMILES string of the molecule is CCc1cc(C(=O)NC(C)c2cn[nH]c2)cc(Cl)n1. The molecule has 0 aliphatic heterocycles. The summed E-state index contributed by atoms with van der Waals surface area (Å²) in [5.41, 5.74) is 2.24. The summed E-state index contributed by atoms with van der Waals surface area (Å²) in [6, 6.07) is 3.20. The number of hydrogen-bond donors (Lipinski definition) is 2. The molecule has 19 heavy (non-hydrogen) atoms. The summed E-state index contributed by atoms with van der Waals surface area (Å²) in [5, 5.41) is 9.80. The fraction of sp³-hybridized carbons (Fsp3) is 0.308. The lowest BCUT2D eigenvalue weighted by molar-refractivity contribution is 0.0939. The predicted octanol–water partition coefficient (Wildman–Crippen LogP) is 2.51. The highest BCUT2D eigenvalue weighted by Crippen LogP contribution is 2.14. The van der Waals surface area contributed by atoms with E-state index in [0.29, 0.717) is 10.7 Å². The summed E-state index contributed by atoms with van der Waals surface area (Å²) in [4.78, 5) is 16.3. The molecule has 2 aromatic rings. The van der Waals surface area contributed by atoms with Gasteiger partial charge in [-0.05, 0) is 25.5 Å². The zero-order valence-corrected chi connectivity index (χ0v) is 11.5. The first-order valence-corrected chi connectivity index (χ1v) is 6.44. The maximum absolute atomic E-state index is 12.1. The van der Waals surface area contributed by atoms with Crippen molar-refractivity contribution in [3.63, 3.8) is 0 Å². The van der Waals surface area contributed by atoms with Crippen LogP contribution in [0.4, 0.5) is 0 Å². The fourth-order valence-electron chi connectivity index (χ4n) is 1.72. The third kappa shape index (κ3) is 3.32. The number of aromatic nitrogens is 3. The largest absolute Gasteiger partial charge is 0.345 e. The van der Waals surface area contributed by atoms with Crippen molar-refractivity contribution in [1.82, 2.24) is 20.5 Å². The van der Waals surface area contributed by atoms with Gasteiger partial charge in [0.25, 0.3) is 5.91 Å². The molecule has 1 amide bonds. The molecule has 0 bridgehead atoms. The van der Waals surface area contributed by atoms with E-state index in [1.807, 2.05) is 13.8 Å². The van der Waals surface area contributed by atoms with Crippen LogP contribution in [0.15, 0.2) is 24.5 Å². The Morgan fingerprint density at radius 2 is 2.32 bits per heavy atom. The van der Waals surface area contributed by atoms with E-state index in [0.717, 1.165) is 17.7 Å². The van der Waals surface area contributed by atoms with E-state index in [4.69, 9.17) is 11.6 Å². The Bertz CT molecular complexity index is 568. The normalized spacial score (nSPS) is 12.2. The van der Waals surface area contributed by atoms with E-state index in [2.05, 4.69) is 20.5 Å². The van der Waals surface area contributed by atoms with Gasteiger partial charge in [0, 0.05) is 23.0 Å². The molecule has 0 aliphatic rings. The standard InChI is InChI=1S/C13H15ClN4O/c1-3-11-4-9(5-12(14)18-11)13(19)17-8(2)10-6-15-16-7-10/h4-8H,3H2,1-2H3,(H,15,16)(H,17,19). The highest BCUT2D eigenvalue weighted by molar-refractivity contribution is 6.29. The van der Waals surface area contributed by atoms with Crippen LogP contribution in [0.3, 0.4) is 0 Å². The fourth-order valence-corrected chi connectivity index (χ4v) is 1.95. The zero-order chi connectivity index (χ0) is 13.8. The average Bonchev–Trinajstić information content (AvgIpc) is 2.91. The molecule has 1 atom stereocenters. The van der Waals surface area contributed by atoms with Crippen molar-refractivity contribution in [1.29, 1.82) is 0 Å². The van der Waals surface area contributed by atoms with Crippen LogP contribution in [0.2, 0.25) is 5.15 Å². The Hall–Kier alpha value is -1.88. The maximum atomic E-state index is 12.1. The Balaban J connectivity index is 2.13. The molecule has 2 N–H and O–H groups in total. The van der Waals surface area contributed by atoms with Gasteiger partial charge in [0.05, 0.1) is 12.2 Å². The topological polar surface area (TPSA) is 70.7 Å². The van der Waals surface area contributed by atoms with Crippen molar-refractivity contribution in [2.24, 2.45) is 0 Å². The lowest BCUT2D eigenvalue weighted by atomic mass is 10.1. The van der Waals surface area contributed by atoms with E-state index in [-0.39, 0.29) is 11.9 Å². The molecule has 0 saturated heterocycles. The first-order valence-electron chi connectivity index (χ1n) is 6.06. The van der Waals surface area contributed by atoms with Gasteiger partial charge in [-0.15, -0.1) is 0 Å². The molecule has 2 rings (SSSR count). The Morgan fingerprint density at radius 1 is 1.53 bits per heavy atom. The number of rotatable bonds is 4. The van der Waals surface area contributed by atoms with Crippen LogP contribution in [0, 0.1) is 0 Å². The summed E-state index contributed by atoms with van der Waals surface area (Å²) in [6.07, 6.45) is 4.17. The van der Waals surface area contributed by atoms with Crippen molar-refractivity contribution < 1.29 is 4.79 Å². The molecule has 0 fully saturated rings. The van der Waals surface area contributed by atoms with Gasteiger partial charge < -0.3 is 5.32 Å². The Morgan fingerprint density at radius 3 is 2.95 bits per heavy atom. The van der Waals surface area contributed by atoms with Gasteiger partial charge in [0.1, 0.15) is 5.15 Å². The van der Waals surface area contributed by atoms with E-state index in [1.165, 1.54) is 0 Å².